The van der Waals surface area contributed by atoms with Crippen molar-refractivity contribution < 1.29 is 14.1 Å². The van der Waals surface area contributed by atoms with Crippen LogP contribution in [0, 0.1) is 6.92 Å². The first-order valence-electron chi connectivity index (χ1n) is 7.56. The normalized spacial score (nSPS) is 23.0. The molecule has 2 aromatic heterocycles. The lowest BCUT2D eigenvalue weighted by atomic mass is 10.0. The molecular formula is C14H17N5O3S. The lowest BCUT2D eigenvalue weighted by molar-refractivity contribution is -0.0712. The molecule has 0 spiro atoms. The molecule has 23 heavy (non-hydrogen) atoms. The minimum atomic E-state index is -0.0318. The Balaban J connectivity index is 1.42. The largest absolute Gasteiger partial charge is 0.378 e. The van der Waals surface area contributed by atoms with Crippen LogP contribution in [0.2, 0.25) is 0 Å². The van der Waals surface area contributed by atoms with Gasteiger partial charge in [0, 0.05) is 31.9 Å². The number of aryl methyl sites for hydroxylation is 1. The van der Waals surface area contributed by atoms with Crippen LogP contribution in [0.5, 0.6) is 0 Å². The van der Waals surface area contributed by atoms with E-state index in [1.165, 1.54) is 11.5 Å². The summed E-state index contributed by atoms with van der Waals surface area (Å²) in [5, 5.41) is 3.87. The maximum atomic E-state index is 12.3. The molecule has 4 rings (SSSR count). The molecule has 0 aromatic carbocycles. The summed E-state index contributed by atoms with van der Waals surface area (Å²) in [5.41, 5.74) is 0. The van der Waals surface area contributed by atoms with Crippen LogP contribution >= 0.6 is 11.5 Å². The number of rotatable bonds is 3. The van der Waals surface area contributed by atoms with Crippen LogP contribution in [-0.2, 0) is 4.74 Å². The van der Waals surface area contributed by atoms with Gasteiger partial charge in [0.05, 0.1) is 13.2 Å². The van der Waals surface area contributed by atoms with E-state index < -0.39 is 0 Å². The third kappa shape index (κ3) is 2.75. The Morgan fingerprint density at radius 1 is 1.43 bits per heavy atom. The van der Waals surface area contributed by atoms with E-state index in [4.69, 9.17) is 9.26 Å². The van der Waals surface area contributed by atoms with Crippen molar-refractivity contribution in [1.29, 1.82) is 0 Å². The topological polar surface area (TPSA) is 84.6 Å². The van der Waals surface area contributed by atoms with E-state index in [2.05, 4.69) is 19.4 Å². The molecule has 0 aliphatic carbocycles. The van der Waals surface area contributed by atoms with E-state index in [1.807, 2.05) is 4.90 Å². The first-order chi connectivity index (χ1) is 11.2. The van der Waals surface area contributed by atoms with Gasteiger partial charge in [0.2, 0.25) is 5.89 Å². The van der Waals surface area contributed by atoms with Crippen molar-refractivity contribution >= 4 is 17.4 Å². The first kappa shape index (κ1) is 14.7. The molecular weight excluding hydrogens is 318 g/mol. The maximum Gasteiger partial charge on any atom is 0.265 e. The number of carbonyl (C=O) groups is 1. The van der Waals surface area contributed by atoms with E-state index in [0.29, 0.717) is 48.9 Å². The molecule has 122 valence electrons. The molecule has 1 atom stereocenters. The van der Waals surface area contributed by atoms with Crippen LogP contribution in [0.1, 0.15) is 27.4 Å². The Labute approximate surface area is 137 Å². The number of morpholine rings is 1. The molecule has 0 saturated carbocycles. The number of ether oxygens (including phenoxy) is 1. The van der Waals surface area contributed by atoms with E-state index in [-0.39, 0.29) is 11.9 Å². The monoisotopic (exact) mass is 335 g/mol. The number of hydrogen-bond acceptors (Lipinski definition) is 8. The summed E-state index contributed by atoms with van der Waals surface area (Å²) in [5.74, 6) is 1.28. The van der Waals surface area contributed by atoms with Crippen molar-refractivity contribution in [3.05, 3.63) is 28.9 Å². The Bertz CT molecular complexity index is 682. The molecule has 1 amide bonds. The van der Waals surface area contributed by atoms with E-state index in [0.717, 1.165) is 6.54 Å². The second kappa shape index (κ2) is 5.99. The predicted molar refractivity (Wildman–Crippen MR) is 81.1 cm³/mol. The minimum Gasteiger partial charge on any atom is -0.378 e. The molecule has 0 bridgehead atoms. The van der Waals surface area contributed by atoms with Crippen LogP contribution in [0.15, 0.2) is 16.8 Å². The number of nitrogens with zero attached hydrogens (tertiary/aromatic N) is 5. The summed E-state index contributed by atoms with van der Waals surface area (Å²) in [4.78, 5) is 21.5. The number of aromatic nitrogens is 3. The Morgan fingerprint density at radius 3 is 3.00 bits per heavy atom. The molecule has 2 aliphatic rings. The van der Waals surface area contributed by atoms with Crippen molar-refractivity contribution in [2.75, 3.05) is 32.8 Å². The average Bonchev–Trinajstić information content (AvgIpc) is 3.17. The molecule has 2 aromatic rings. The quantitative estimate of drug-likeness (QED) is 0.817. The smallest absolute Gasteiger partial charge is 0.265 e. The zero-order valence-corrected chi connectivity index (χ0v) is 13.5. The van der Waals surface area contributed by atoms with Crippen LogP contribution in [0.3, 0.4) is 0 Å². The van der Waals surface area contributed by atoms with E-state index in [9.17, 15) is 4.79 Å². The van der Waals surface area contributed by atoms with Gasteiger partial charge < -0.3 is 14.2 Å². The predicted octanol–water partition coefficient (Wildman–Crippen LogP) is 0.732. The molecule has 2 fully saturated rings. The molecule has 8 nitrogen and oxygen atoms in total. The van der Waals surface area contributed by atoms with Gasteiger partial charge in [0.25, 0.3) is 5.91 Å². The Morgan fingerprint density at radius 2 is 2.30 bits per heavy atom. The van der Waals surface area contributed by atoms with Gasteiger partial charge in [-0.25, -0.2) is 4.37 Å². The van der Waals surface area contributed by atoms with Crippen LogP contribution in [-0.4, -0.2) is 69.1 Å². The van der Waals surface area contributed by atoms with Crippen molar-refractivity contribution in [3.63, 3.8) is 0 Å². The average molecular weight is 335 g/mol. The number of hydrogen-bond donors (Lipinski definition) is 0. The number of amides is 1. The zero-order valence-electron chi connectivity index (χ0n) is 12.7. The molecule has 4 heterocycles. The lowest BCUT2D eigenvalue weighted by Gasteiger charge is -2.48. The minimum absolute atomic E-state index is 0.0318. The molecule has 9 heteroatoms. The standard InChI is InChI=1S/C14H17N5O3S/c1-9-16-13(22-17-9)11-8-21-5-4-19(11)10-6-18(7-10)14(20)12-2-3-15-23-12/h2-3,10-11H,4-8H2,1H3. The highest BCUT2D eigenvalue weighted by Crippen LogP contribution is 2.29. The molecule has 2 saturated heterocycles. The number of carbonyl (C=O) groups excluding carboxylic acids is 1. The number of likely N-dealkylation sites (tertiary alicyclic amines) is 1. The highest BCUT2D eigenvalue weighted by atomic mass is 32.1. The third-order valence-corrected chi connectivity index (χ3v) is 5.00. The second-order valence-corrected chi connectivity index (χ2v) is 6.58. The Hall–Kier alpha value is -1.84. The second-order valence-electron chi connectivity index (χ2n) is 5.75. The fourth-order valence-corrected chi connectivity index (χ4v) is 3.59. The van der Waals surface area contributed by atoms with Crippen molar-refractivity contribution in [1.82, 2.24) is 24.3 Å². The van der Waals surface area contributed by atoms with Crippen LogP contribution in [0.25, 0.3) is 0 Å². The SMILES string of the molecule is Cc1noc(C2COCCN2C2CN(C(=O)c3ccns3)C2)n1. The van der Waals surface area contributed by atoms with E-state index in [1.54, 1.807) is 19.2 Å². The molecule has 0 radical (unpaired) electrons. The van der Waals surface area contributed by atoms with Gasteiger partial charge in [-0.3, -0.25) is 9.69 Å². The highest BCUT2D eigenvalue weighted by Gasteiger charge is 2.41. The summed E-state index contributed by atoms with van der Waals surface area (Å²) in [7, 11) is 0. The first-order valence-corrected chi connectivity index (χ1v) is 8.33. The summed E-state index contributed by atoms with van der Waals surface area (Å²) >= 11 is 1.24. The van der Waals surface area contributed by atoms with Gasteiger partial charge in [0.1, 0.15) is 10.9 Å². The zero-order chi connectivity index (χ0) is 15.8. The lowest BCUT2D eigenvalue weighted by Crippen LogP contribution is -2.63. The Kier molecular flexibility index (Phi) is 3.83. The summed E-state index contributed by atoms with van der Waals surface area (Å²) < 4.78 is 14.9. The molecule has 1 unspecified atom stereocenters. The van der Waals surface area contributed by atoms with Gasteiger partial charge in [-0.15, -0.1) is 0 Å². The third-order valence-electron chi connectivity index (χ3n) is 4.27. The molecule has 0 N–H and O–H groups in total. The summed E-state index contributed by atoms with van der Waals surface area (Å²) in [6.45, 7) is 5.25. The van der Waals surface area contributed by atoms with Crippen molar-refractivity contribution in [2.45, 2.75) is 19.0 Å². The summed E-state index contributed by atoms with van der Waals surface area (Å²) in [6.07, 6.45) is 1.66. The molecule has 2 aliphatic heterocycles. The van der Waals surface area contributed by atoms with Gasteiger partial charge in [-0.05, 0) is 24.5 Å². The van der Waals surface area contributed by atoms with Gasteiger partial charge in [0.15, 0.2) is 5.82 Å². The van der Waals surface area contributed by atoms with Crippen LogP contribution in [0.4, 0.5) is 0 Å². The van der Waals surface area contributed by atoms with Gasteiger partial charge in [-0.1, -0.05) is 5.16 Å². The van der Waals surface area contributed by atoms with Crippen LogP contribution < -0.4 is 0 Å². The van der Waals surface area contributed by atoms with E-state index >= 15 is 0 Å². The van der Waals surface area contributed by atoms with Crippen molar-refractivity contribution in [3.8, 4) is 0 Å². The van der Waals surface area contributed by atoms with Gasteiger partial charge in [-0.2, -0.15) is 4.98 Å². The van der Waals surface area contributed by atoms with Gasteiger partial charge >= 0.3 is 0 Å². The fourth-order valence-electron chi connectivity index (χ4n) is 3.03. The fraction of sp³-hybridized carbons (Fsp3) is 0.571. The summed E-state index contributed by atoms with van der Waals surface area (Å²) in [6, 6.07) is 2.03. The highest BCUT2D eigenvalue weighted by molar-refractivity contribution is 7.08. The maximum absolute atomic E-state index is 12.3. The van der Waals surface area contributed by atoms with Crippen molar-refractivity contribution in [2.24, 2.45) is 0 Å².